The van der Waals surface area contributed by atoms with Crippen molar-refractivity contribution in [2.24, 2.45) is 0 Å². The van der Waals surface area contributed by atoms with Crippen LogP contribution in [0.15, 0.2) is 22.7 Å². The fourth-order valence-corrected chi connectivity index (χ4v) is 2.68. The van der Waals surface area contributed by atoms with Crippen molar-refractivity contribution in [3.05, 3.63) is 34.1 Å². The molecule has 1 aliphatic rings. The van der Waals surface area contributed by atoms with Crippen molar-refractivity contribution in [2.75, 3.05) is 32.8 Å². The Morgan fingerprint density at radius 3 is 2.55 bits per heavy atom. The molecule has 20 heavy (non-hydrogen) atoms. The molecule has 1 aromatic rings. The number of halogens is 4. The number of aliphatic hydroxyl groups excluding tert-OH is 1. The number of rotatable bonds is 4. The molecule has 1 saturated heterocycles. The summed E-state index contributed by atoms with van der Waals surface area (Å²) < 4.78 is 42.0. The molecule has 0 aliphatic carbocycles. The monoisotopic (exact) mass is 352 g/mol. The van der Waals surface area contributed by atoms with Gasteiger partial charge in [0.25, 0.3) is 5.92 Å². The molecule has 0 bridgehead atoms. The molecule has 2 rings (SSSR count). The van der Waals surface area contributed by atoms with Crippen molar-refractivity contribution in [1.82, 2.24) is 10.2 Å². The van der Waals surface area contributed by atoms with Crippen LogP contribution in [-0.2, 0) is 0 Å². The predicted molar refractivity (Wildman–Crippen MR) is 73.3 cm³/mol. The molecule has 1 atom stereocenters. The van der Waals surface area contributed by atoms with Crippen molar-refractivity contribution < 1.29 is 18.3 Å². The van der Waals surface area contributed by atoms with E-state index in [0.29, 0.717) is 26.2 Å². The highest BCUT2D eigenvalue weighted by Gasteiger charge is 2.44. The van der Waals surface area contributed by atoms with Gasteiger partial charge in [0.05, 0.1) is 4.47 Å². The summed E-state index contributed by atoms with van der Waals surface area (Å²) in [6, 6.07) is 2.65. The molecular weight excluding hydrogens is 337 g/mol. The van der Waals surface area contributed by atoms with E-state index in [-0.39, 0.29) is 10.0 Å². The Hall–Kier alpha value is -0.630. The number of hydrogen-bond acceptors (Lipinski definition) is 3. The third-order valence-corrected chi connectivity index (χ3v) is 4.03. The van der Waals surface area contributed by atoms with Gasteiger partial charge in [-0.05, 0) is 33.6 Å². The number of benzene rings is 1. The average molecular weight is 353 g/mol. The highest BCUT2D eigenvalue weighted by Crippen LogP contribution is 2.37. The number of alkyl halides is 2. The second-order valence-corrected chi connectivity index (χ2v) is 5.64. The number of hydrogen-bond donors (Lipinski definition) is 2. The zero-order valence-electron chi connectivity index (χ0n) is 10.8. The summed E-state index contributed by atoms with van der Waals surface area (Å²) in [6.45, 7) is 0.781. The first-order valence-electron chi connectivity index (χ1n) is 6.34. The molecule has 0 saturated carbocycles. The average Bonchev–Trinajstić information content (AvgIpc) is 2.44. The van der Waals surface area contributed by atoms with Crippen LogP contribution in [0.25, 0.3) is 0 Å². The molecule has 1 fully saturated rings. The first-order chi connectivity index (χ1) is 9.45. The van der Waals surface area contributed by atoms with Crippen LogP contribution in [0.3, 0.4) is 0 Å². The van der Waals surface area contributed by atoms with Crippen LogP contribution in [0.4, 0.5) is 13.2 Å². The van der Waals surface area contributed by atoms with Gasteiger partial charge in [-0.3, -0.25) is 4.90 Å². The van der Waals surface area contributed by atoms with Crippen molar-refractivity contribution in [1.29, 1.82) is 0 Å². The molecule has 1 aliphatic heterocycles. The van der Waals surface area contributed by atoms with E-state index >= 15 is 0 Å². The Labute approximate surface area is 123 Å². The molecule has 1 heterocycles. The Morgan fingerprint density at radius 2 is 2.00 bits per heavy atom. The summed E-state index contributed by atoms with van der Waals surface area (Å²) in [5, 5.41) is 12.1. The maximum atomic E-state index is 14.1. The lowest BCUT2D eigenvalue weighted by Crippen LogP contribution is -2.51. The zero-order chi connectivity index (χ0) is 14.8. The van der Waals surface area contributed by atoms with Crippen molar-refractivity contribution in [3.8, 4) is 0 Å². The third kappa shape index (κ3) is 3.33. The van der Waals surface area contributed by atoms with Gasteiger partial charge in [0.1, 0.15) is 18.5 Å². The topological polar surface area (TPSA) is 35.5 Å². The first-order valence-corrected chi connectivity index (χ1v) is 7.13. The highest BCUT2D eigenvalue weighted by atomic mass is 79.9. The van der Waals surface area contributed by atoms with Gasteiger partial charge in [0.15, 0.2) is 0 Å². The van der Waals surface area contributed by atoms with E-state index in [1.165, 1.54) is 12.1 Å². The fraction of sp³-hybridized carbons (Fsp3) is 0.538. The normalized spacial score (nSPS) is 19.1. The summed E-state index contributed by atoms with van der Waals surface area (Å²) in [7, 11) is 0. The summed E-state index contributed by atoms with van der Waals surface area (Å²) >= 11 is 3.01. The van der Waals surface area contributed by atoms with Gasteiger partial charge in [0, 0.05) is 26.2 Å². The maximum absolute atomic E-state index is 14.1. The molecule has 0 spiro atoms. The minimum atomic E-state index is -3.32. The summed E-state index contributed by atoms with van der Waals surface area (Å²) in [5.41, 5.74) is 0.173. The lowest BCUT2D eigenvalue weighted by Gasteiger charge is -2.38. The number of piperazine rings is 1. The minimum Gasteiger partial charge on any atom is -0.390 e. The second-order valence-electron chi connectivity index (χ2n) is 4.78. The molecule has 7 heteroatoms. The second kappa shape index (κ2) is 6.43. The summed E-state index contributed by atoms with van der Waals surface area (Å²) in [5.74, 6) is -3.91. The van der Waals surface area contributed by atoms with Gasteiger partial charge >= 0.3 is 0 Å². The Bertz CT molecular complexity index is 467. The van der Waals surface area contributed by atoms with Gasteiger partial charge in [0.2, 0.25) is 0 Å². The van der Waals surface area contributed by atoms with Crippen molar-refractivity contribution >= 4 is 15.9 Å². The van der Waals surface area contributed by atoms with Crippen LogP contribution in [0, 0.1) is 5.82 Å². The number of nitrogens with zero attached hydrogens (tertiary/aromatic N) is 1. The van der Waals surface area contributed by atoms with Gasteiger partial charge in [-0.15, -0.1) is 0 Å². The molecule has 2 N–H and O–H groups in total. The predicted octanol–water partition coefficient (Wildman–Crippen LogP) is 2.16. The highest BCUT2D eigenvalue weighted by molar-refractivity contribution is 9.10. The molecule has 0 aromatic heterocycles. The lowest BCUT2D eigenvalue weighted by atomic mass is 9.98. The van der Waals surface area contributed by atoms with Crippen LogP contribution in [0.2, 0.25) is 0 Å². The standard InChI is InChI=1S/C13H16BrF3N2O/c14-10-2-1-9(7-11(10)15)12(13(16,17)8-20)19-5-3-18-4-6-19/h1-2,7,12,18,20H,3-6,8H2/t12-/m1/s1. The smallest absolute Gasteiger partial charge is 0.289 e. The van der Waals surface area contributed by atoms with E-state index in [1.54, 1.807) is 4.90 Å². The maximum Gasteiger partial charge on any atom is 0.289 e. The summed E-state index contributed by atoms with van der Waals surface area (Å²) in [6.07, 6.45) is 0. The Kier molecular flexibility index (Phi) is 5.06. The van der Waals surface area contributed by atoms with Crippen LogP contribution in [0.1, 0.15) is 11.6 Å². The minimum absolute atomic E-state index is 0.173. The molecule has 112 valence electrons. The molecular formula is C13H16BrF3N2O. The molecule has 0 unspecified atom stereocenters. The van der Waals surface area contributed by atoms with E-state index in [1.807, 2.05) is 0 Å². The van der Waals surface area contributed by atoms with Crippen molar-refractivity contribution in [3.63, 3.8) is 0 Å². The van der Waals surface area contributed by atoms with E-state index in [9.17, 15) is 13.2 Å². The van der Waals surface area contributed by atoms with Crippen LogP contribution in [-0.4, -0.2) is 48.7 Å². The first kappa shape index (κ1) is 15.8. The van der Waals surface area contributed by atoms with E-state index in [4.69, 9.17) is 5.11 Å². The van der Waals surface area contributed by atoms with Crippen molar-refractivity contribution in [2.45, 2.75) is 12.0 Å². The van der Waals surface area contributed by atoms with Gasteiger partial charge < -0.3 is 10.4 Å². The van der Waals surface area contributed by atoms with Crippen LogP contribution >= 0.6 is 15.9 Å². The number of nitrogens with one attached hydrogen (secondary N) is 1. The summed E-state index contributed by atoms with van der Waals surface area (Å²) in [4.78, 5) is 1.58. The quantitative estimate of drug-likeness (QED) is 0.871. The molecule has 1 aromatic carbocycles. The lowest BCUT2D eigenvalue weighted by molar-refractivity contribution is -0.118. The van der Waals surface area contributed by atoms with E-state index < -0.39 is 24.4 Å². The van der Waals surface area contributed by atoms with Gasteiger partial charge in [-0.2, -0.15) is 0 Å². The van der Waals surface area contributed by atoms with Gasteiger partial charge in [-0.1, -0.05) is 6.07 Å². The Morgan fingerprint density at radius 1 is 1.35 bits per heavy atom. The molecule has 3 nitrogen and oxygen atoms in total. The molecule has 0 amide bonds. The van der Waals surface area contributed by atoms with Crippen LogP contribution in [0.5, 0.6) is 0 Å². The van der Waals surface area contributed by atoms with E-state index in [0.717, 1.165) is 6.07 Å². The SMILES string of the molecule is OCC(F)(F)[C@@H](c1ccc(Br)c(F)c1)N1CCNCC1. The van der Waals surface area contributed by atoms with Gasteiger partial charge in [-0.25, -0.2) is 13.2 Å². The molecule has 0 radical (unpaired) electrons. The Balaban J connectivity index is 2.36. The zero-order valence-corrected chi connectivity index (χ0v) is 12.3. The van der Waals surface area contributed by atoms with Crippen LogP contribution < -0.4 is 5.32 Å². The van der Waals surface area contributed by atoms with E-state index in [2.05, 4.69) is 21.2 Å². The number of aliphatic hydroxyl groups is 1. The third-order valence-electron chi connectivity index (χ3n) is 3.39. The fourth-order valence-electron chi connectivity index (χ4n) is 2.43. The largest absolute Gasteiger partial charge is 0.390 e.